The lowest BCUT2D eigenvalue weighted by molar-refractivity contribution is -0.121. The van der Waals surface area contributed by atoms with Gasteiger partial charge in [-0.1, -0.05) is 26.0 Å². The third-order valence-electron chi connectivity index (χ3n) is 3.51. The first-order chi connectivity index (χ1) is 9.61. The molecule has 0 radical (unpaired) electrons. The van der Waals surface area contributed by atoms with Crippen LogP contribution >= 0.6 is 0 Å². The van der Waals surface area contributed by atoms with Crippen LogP contribution in [-0.2, 0) is 21.1 Å². The van der Waals surface area contributed by atoms with Crippen LogP contribution < -0.4 is 5.32 Å². The highest BCUT2D eigenvalue weighted by Gasteiger charge is 2.26. The number of amides is 1. The van der Waals surface area contributed by atoms with Gasteiger partial charge in [-0.25, -0.2) is 12.8 Å². The first-order valence-electron chi connectivity index (χ1n) is 6.85. The maximum atomic E-state index is 12.9. The van der Waals surface area contributed by atoms with Crippen molar-refractivity contribution < 1.29 is 17.6 Å². The van der Waals surface area contributed by atoms with E-state index in [4.69, 9.17) is 0 Å². The van der Waals surface area contributed by atoms with Crippen LogP contribution in [0.25, 0.3) is 0 Å². The van der Waals surface area contributed by atoms with Crippen molar-refractivity contribution in [2.45, 2.75) is 38.5 Å². The summed E-state index contributed by atoms with van der Waals surface area (Å²) in [4.78, 5) is 12.0. The molecule has 1 amide bonds. The zero-order valence-electron chi connectivity index (χ0n) is 12.8. The highest BCUT2D eigenvalue weighted by molar-refractivity contribution is 7.92. The van der Waals surface area contributed by atoms with Gasteiger partial charge in [0.15, 0.2) is 9.84 Å². The van der Waals surface area contributed by atoms with E-state index in [9.17, 15) is 17.6 Å². The van der Waals surface area contributed by atoms with Gasteiger partial charge in [0.1, 0.15) is 11.1 Å². The predicted molar refractivity (Wildman–Crippen MR) is 81.2 cm³/mol. The first-order valence-corrected chi connectivity index (χ1v) is 8.80. The second kappa shape index (κ2) is 7.02. The zero-order chi connectivity index (χ0) is 16.2. The van der Waals surface area contributed by atoms with Gasteiger partial charge < -0.3 is 5.32 Å². The summed E-state index contributed by atoms with van der Waals surface area (Å²) in [7, 11) is -3.41. The van der Waals surface area contributed by atoms with Gasteiger partial charge >= 0.3 is 0 Å². The summed E-state index contributed by atoms with van der Waals surface area (Å²) >= 11 is 0. The molecule has 1 rings (SSSR count). The van der Waals surface area contributed by atoms with Gasteiger partial charge in [0.25, 0.3) is 0 Å². The van der Waals surface area contributed by atoms with Crippen LogP contribution in [0.4, 0.5) is 4.39 Å². The predicted octanol–water partition coefficient (Wildman–Crippen LogP) is 1.94. The molecule has 0 bridgehead atoms. The van der Waals surface area contributed by atoms with Crippen LogP contribution in [0.5, 0.6) is 0 Å². The van der Waals surface area contributed by atoms with Crippen LogP contribution in [-0.4, -0.2) is 31.9 Å². The van der Waals surface area contributed by atoms with E-state index in [-0.39, 0.29) is 17.8 Å². The Labute approximate surface area is 125 Å². The minimum atomic E-state index is -3.41. The van der Waals surface area contributed by atoms with Crippen molar-refractivity contribution in [2.75, 3.05) is 6.26 Å². The highest BCUT2D eigenvalue weighted by Crippen LogP contribution is 2.12. The number of sulfone groups is 1. The molecular formula is C15H22FNO3S. The van der Waals surface area contributed by atoms with Crippen LogP contribution in [0.2, 0.25) is 0 Å². The number of carbonyl (C=O) groups is 1. The Hall–Kier alpha value is -1.43. The van der Waals surface area contributed by atoms with Gasteiger partial charge in [0.2, 0.25) is 5.91 Å². The van der Waals surface area contributed by atoms with Gasteiger partial charge in [0, 0.05) is 12.3 Å². The Balaban J connectivity index is 2.79. The van der Waals surface area contributed by atoms with Crippen LogP contribution in [0, 0.1) is 11.7 Å². The summed E-state index contributed by atoms with van der Waals surface area (Å²) in [5, 5.41) is 1.70. The lowest BCUT2D eigenvalue weighted by atomic mass is 9.96. The lowest BCUT2D eigenvalue weighted by Crippen LogP contribution is -2.46. The minimum Gasteiger partial charge on any atom is -0.352 e. The smallest absolute Gasteiger partial charge is 0.238 e. The first kappa shape index (κ1) is 17.6. The summed E-state index contributed by atoms with van der Waals surface area (Å²) in [6.07, 6.45) is 1.57. The third kappa shape index (κ3) is 5.46. The van der Waals surface area contributed by atoms with E-state index in [1.54, 1.807) is 12.1 Å². The van der Waals surface area contributed by atoms with Crippen molar-refractivity contribution in [2.24, 2.45) is 5.92 Å². The normalized spacial score (nSPS) is 14.8. The van der Waals surface area contributed by atoms with E-state index < -0.39 is 21.0 Å². The van der Waals surface area contributed by atoms with Gasteiger partial charge in [-0.05, 0) is 37.0 Å². The molecule has 0 saturated heterocycles. The van der Waals surface area contributed by atoms with E-state index >= 15 is 0 Å². The Morgan fingerprint density at radius 3 is 2.14 bits per heavy atom. The van der Waals surface area contributed by atoms with Crippen molar-refractivity contribution in [1.29, 1.82) is 0 Å². The number of nitrogens with one attached hydrogen (secondary N) is 1. The molecule has 1 N–H and O–H groups in total. The molecule has 6 heteroatoms. The fraction of sp³-hybridized carbons (Fsp3) is 0.533. The topological polar surface area (TPSA) is 63.2 Å². The van der Waals surface area contributed by atoms with E-state index in [1.807, 2.05) is 13.8 Å². The molecule has 0 aliphatic carbocycles. The monoisotopic (exact) mass is 315 g/mol. The maximum Gasteiger partial charge on any atom is 0.238 e. The van der Waals surface area contributed by atoms with Crippen molar-refractivity contribution in [1.82, 2.24) is 5.32 Å². The SMILES string of the molecule is CC(C)[C@H](Cc1ccc(F)cc1)NC(=O)[C@H](C)S(C)(=O)=O. The summed E-state index contributed by atoms with van der Waals surface area (Å²) in [6.45, 7) is 5.26. The molecule has 0 aliphatic rings. The van der Waals surface area contributed by atoms with Crippen LogP contribution in [0.15, 0.2) is 24.3 Å². The summed E-state index contributed by atoms with van der Waals surface area (Å²) in [6, 6.07) is 5.86. The molecule has 2 atom stereocenters. The number of carbonyl (C=O) groups excluding carboxylic acids is 1. The number of hydrogen-bond acceptors (Lipinski definition) is 3. The van der Waals surface area contributed by atoms with E-state index in [0.29, 0.717) is 6.42 Å². The van der Waals surface area contributed by atoms with Gasteiger partial charge in [0.05, 0.1) is 0 Å². The third-order valence-corrected chi connectivity index (χ3v) is 5.01. The van der Waals surface area contributed by atoms with Gasteiger partial charge in [-0.2, -0.15) is 0 Å². The summed E-state index contributed by atoms with van der Waals surface area (Å²) in [5.74, 6) is -0.682. The molecule has 118 valence electrons. The van der Waals surface area contributed by atoms with Crippen molar-refractivity contribution in [3.8, 4) is 0 Å². The standard InChI is InChI=1S/C15H22FNO3S/c1-10(2)14(9-12-5-7-13(16)8-6-12)17-15(18)11(3)21(4,19)20/h5-8,10-11,14H,9H2,1-4H3,(H,17,18)/t11-,14-/m0/s1. The molecule has 1 aromatic rings. The molecule has 0 unspecified atom stereocenters. The molecule has 0 aromatic heterocycles. The minimum absolute atomic E-state index is 0.130. The van der Waals surface area contributed by atoms with E-state index in [0.717, 1.165) is 11.8 Å². The number of rotatable bonds is 6. The second-order valence-corrected chi connectivity index (χ2v) is 8.03. The second-order valence-electron chi connectivity index (χ2n) is 5.66. The molecule has 0 saturated carbocycles. The summed E-state index contributed by atoms with van der Waals surface area (Å²) in [5.41, 5.74) is 0.891. The molecule has 0 spiro atoms. The molecular weight excluding hydrogens is 293 g/mol. The lowest BCUT2D eigenvalue weighted by Gasteiger charge is -2.24. The largest absolute Gasteiger partial charge is 0.352 e. The molecule has 21 heavy (non-hydrogen) atoms. The molecule has 4 nitrogen and oxygen atoms in total. The van der Waals surface area contributed by atoms with E-state index in [1.165, 1.54) is 19.1 Å². The summed E-state index contributed by atoms with van der Waals surface area (Å²) < 4.78 is 35.7. The van der Waals surface area contributed by atoms with Crippen molar-refractivity contribution in [3.63, 3.8) is 0 Å². The zero-order valence-corrected chi connectivity index (χ0v) is 13.6. The van der Waals surface area contributed by atoms with E-state index in [2.05, 4.69) is 5.32 Å². The molecule has 0 fully saturated rings. The molecule has 1 aromatic carbocycles. The van der Waals surface area contributed by atoms with Crippen LogP contribution in [0.3, 0.4) is 0 Å². The molecule has 0 heterocycles. The number of hydrogen-bond donors (Lipinski definition) is 1. The Bertz CT molecular complexity index is 581. The van der Waals surface area contributed by atoms with Crippen LogP contribution in [0.1, 0.15) is 26.3 Å². The van der Waals surface area contributed by atoms with Gasteiger partial charge in [-0.15, -0.1) is 0 Å². The molecule has 0 aliphatic heterocycles. The highest BCUT2D eigenvalue weighted by atomic mass is 32.2. The Kier molecular flexibility index (Phi) is 5.89. The number of benzene rings is 1. The fourth-order valence-corrected chi connectivity index (χ4v) is 2.28. The quantitative estimate of drug-likeness (QED) is 0.872. The van der Waals surface area contributed by atoms with Gasteiger partial charge in [-0.3, -0.25) is 4.79 Å². The number of halogens is 1. The average molecular weight is 315 g/mol. The van der Waals surface area contributed by atoms with Crippen molar-refractivity contribution >= 4 is 15.7 Å². The maximum absolute atomic E-state index is 12.9. The Morgan fingerprint density at radius 1 is 1.19 bits per heavy atom. The average Bonchev–Trinajstić information content (AvgIpc) is 2.38. The fourth-order valence-electron chi connectivity index (χ4n) is 1.82. The van der Waals surface area contributed by atoms with Crippen molar-refractivity contribution in [3.05, 3.63) is 35.6 Å². The Morgan fingerprint density at radius 2 is 1.71 bits per heavy atom.